The fourth-order valence-corrected chi connectivity index (χ4v) is 3.28. The Labute approximate surface area is 196 Å². The molecule has 0 aliphatic carbocycles. The van der Waals surface area contributed by atoms with Crippen LogP contribution < -0.4 is 21.3 Å². The molecule has 3 amide bonds. The van der Waals surface area contributed by atoms with Gasteiger partial charge >= 0.3 is 0 Å². The van der Waals surface area contributed by atoms with Gasteiger partial charge in [0.25, 0.3) is 17.7 Å². The third-order valence-corrected chi connectivity index (χ3v) is 5.10. The van der Waals surface area contributed by atoms with Crippen molar-refractivity contribution in [3.05, 3.63) is 108 Å². The minimum absolute atomic E-state index is 0.178. The highest BCUT2D eigenvalue weighted by atomic mass is 16.2. The standard InChI is InChI=1S/C25H24N6O3/c1-31-12-6-22(7-13-31)30-25(34)19-15-17(23(32)28-20-2-8-26-9-3-20)14-18(16-19)24(33)29-21-4-10-27-11-5-21/h2-10,12,14-16,27H,11,13H2,1H3,(H,29,33)(H,30,34)(H,26,28,32). The molecule has 0 saturated heterocycles. The molecule has 2 aliphatic heterocycles. The Morgan fingerprint density at radius 3 is 1.97 bits per heavy atom. The van der Waals surface area contributed by atoms with Crippen LogP contribution in [0.2, 0.25) is 0 Å². The summed E-state index contributed by atoms with van der Waals surface area (Å²) in [6.45, 7) is 1.25. The summed E-state index contributed by atoms with van der Waals surface area (Å²) in [5, 5.41) is 11.4. The number of hydrogen-bond acceptors (Lipinski definition) is 6. The summed E-state index contributed by atoms with van der Waals surface area (Å²) in [4.78, 5) is 44.8. The van der Waals surface area contributed by atoms with Gasteiger partial charge in [0, 0.05) is 72.5 Å². The molecule has 9 nitrogen and oxygen atoms in total. The summed E-state index contributed by atoms with van der Waals surface area (Å²) in [6, 6.07) is 7.69. The summed E-state index contributed by atoms with van der Waals surface area (Å²) in [6.07, 6.45) is 13.9. The normalized spacial score (nSPS) is 14.4. The number of hydrogen-bond donors (Lipinski definition) is 4. The quantitative estimate of drug-likeness (QED) is 0.529. The molecule has 2 aromatic rings. The number of dihydropyridines is 1. The molecule has 0 saturated carbocycles. The first kappa shape index (κ1) is 22.5. The van der Waals surface area contributed by atoms with Crippen LogP contribution in [0.15, 0.2) is 90.8 Å². The van der Waals surface area contributed by atoms with Crippen LogP contribution in [0.25, 0.3) is 0 Å². The molecule has 2 aliphatic rings. The monoisotopic (exact) mass is 456 g/mol. The number of pyridine rings is 1. The van der Waals surface area contributed by atoms with Crippen LogP contribution in [-0.2, 0) is 0 Å². The molecule has 4 rings (SSSR count). The van der Waals surface area contributed by atoms with Gasteiger partial charge in [0.2, 0.25) is 0 Å². The molecule has 0 unspecified atom stereocenters. The van der Waals surface area contributed by atoms with Gasteiger partial charge in [-0.3, -0.25) is 19.4 Å². The van der Waals surface area contributed by atoms with Crippen molar-refractivity contribution in [3.8, 4) is 0 Å². The molecule has 34 heavy (non-hydrogen) atoms. The van der Waals surface area contributed by atoms with Crippen molar-refractivity contribution < 1.29 is 14.4 Å². The molecule has 0 bridgehead atoms. The molecule has 0 atom stereocenters. The molecule has 3 heterocycles. The lowest BCUT2D eigenvalue weighted by molar-refractivity contribution is 0.0966. The number of aromatic nitrogens is 1. The van der Waals surface area contributed by atoms with Gasteiger partial charge in [0.05, 0.1) is 0 Å². The summed E-state index contributed by atoms with van der Waals surface area (Å²) < 4.78 is 0. The second-order valence-corrected chi connectivity index (χ2v) is 7.71. The lowest BCUT2D eigenvalue weighted by atomic mass is 10.0. The van der Waals surface area contributed by atoms with E-state index in [9.17, 15) is 14.4 Å². The van der Waals surface area contributed by atoms with Crippen LogP contribution in [0.1, 0.15) is 31.1 Å². The van der Waals surface area contributed by atoms with Crippen molar-refractivity contribution in [2.45, 2.75) is 0 Å². The van der Waals surface area contributed by atoms with E-state index in [1.165, 1.54) is 18.2 Å². The van der Waals surface area contributed by atoms with Crippen molar-refractivity contribution in [1.82, 2.24) is 25.8 Å². The zero-order valence-corrected chi connectivity index (χ0v) is 18.5. The number of carbonyl (C=O) groups is 3. The van der Waals surface area contributed by atoms with E-state index in [1.54, 1.807) is 42.9 Å². The first-order valence-electron chi connectivity index (χ1n) is 10.7. The molecule has 1 aromatic carbocycles. The van der Waals surface area contributed by atoms with E-state index >= 15 is 0 Å². The van der Waals surface area contributed by atoms with Gasteiger partial charge in [-0.25, -0.2) is 0 Å². The van der Waals surface area contributed by atoms with E-state index < -0.39 is 17.7 Å². The Hall–Kier alpha value is -4.66. The Kier molecular flexibility index (Phi) is 6.83. The average Bonchev–Trinajstić information content (AvgIpc) is 2.86. The number of carbonyl (C=O) groups excluding carboxylic acids is 3. The highest BCUT2D eigenvalue weighted by molar-refractivity contribution is 6.09. The maximum absolute atomic E-state index is 13.0. The Bertz CT molecular complexity index is 1230. The van der Waals surface area contributed by atoms with Gasteiger partial charge in [-0.15, -0.1) is 0 Å². The van der Waals surface area contributed by atoms with E-state index in [0.29, 0.717) is 30.2 Å². The lowest BCUT2D eigenvalue weighted by Gasteiger charge is -2.18. The topological polar surface area (TPSA) is 115 Å². The molecule has 9 heteroatoms. The number of likely N-dealkylation sites (N-methyl/N-ethyl adjacent to an activating group) is 1. The summed E-state index contributed by atoms with van der Waals surface area (Å²) in [5.41, 5.74) is 2.38. The van der Waals surface area contributed by atoms with E-state index in [1.807, 2.05) is 30.3 Å². The van der Waals surface area contributed by atoms with Gasteiger partial charge in [0.1, 0.15) is 0 Å². The van der Waals surface area contributed by atoms with Crippen LogP contribution in [-0.4, -0.2) is 47.7 Å². The molecule has 1 aromatic heterocycles. The first-order chi connectivity index (χ1) is 16.5. The number of allylic oxidation sites excluding steroid dienone is 2. The Balaban J connectivity index is 1.61. The van der Waals surface area contributed by atoms with E-state index in [2.05, 4.69) is 26.3 Å². The molecular formula is C25H24N6O3. The van der Waals surface area contributed by atoms with Gasteiger partial charge < -0.3 is 26.2 Å². The number of amides is 3. The second-order valence-electron chi connectivity index (χ2n) is 7.71. The number of benzene rings is 1. The lowest BCUT2D eigenvalue weighted by Crippen LogP contribution is -2.28. The van der Waals surface area contributed by atoms with Crippen LogP contribution in [0.5, 0.6) is 0 Å². The molecular weight excluding hydrogens is 432 g/mol. The zero-order valence-electron chi connectivity index (χ0n) is 18.5. The number of nitrogens with zero attached hydrogens (tertiary/aromatic N) is 2. The van der Waals surface area contributed by atoms with Crippen LogP contribution in [0, 0.1) is 0 Å². The first-order valence-corrected chi connectivity index (χ1v) is 10.7. The fraction of sp³-hybridized carbons (Fsp3) is 0.120. The van der Waals surface area contributed by atoms with Crippen molar-refractivity contribution in [1.29, 1.82) is 0 Å². The predicted octanol–water partition coefficient (Wildman–Crippen LogP) is 2.14. The largest absolute Gasteiger partial charge is 0.387 e. The van der Waals surface area contributed by atoms with Crippen molar-refractivity contribution in [3.63, 3.8) is 0 Å². The molecule has 4 N–H and O–H groups in total. The number of anilines is 1. The minimum Gasteiger partial charge on any atom is -0.387 e. The third-order valence-electron chi connectivity index (χ3n) is 5.10. The molecule has 172 valence electrons. The van der Waals surface area contributed by atoms with Crippen molar-refractivity contribution in [2.75, 3.05) is 25.5 Å². The Morgan fingerprint density at radius 2 is 1.44 bits per heavy atom. The molecule has 0 fully saturated rings. The molecule has 0 spiro atoms. The average molecular weight is 457 g/mol. The van der Waals surface area contributed by atoms with Gasteiger partial charge in [0.15, 0.2) is 0 Å². The Morgan fingerprint density at radius 1 is 0.853 bits per heavy atom. The molecule has 0 radical (unpaired) electrons. The maximum Gasteiger partial charge on any atom is 0.255 e. The SMILES string of the molecule is CN1C=CC(NC(=O)c2cc(C(=O)NC3=CCNC=C3)cc(C(=O)Nc3ccncc3)c2)=CC1. The second kappa shape index (κ2) is 10.3. The maximum atomic E-state index is 13.0. The van der Waals surface area contributed by atoms with Crippen LogP contribution in [0.3, 0.4) is 0 Å². The summed E-state index contributed by atoms with van der Waals surface area (Å²) >= 11 is 0. The van der Waals surface area contributed by atoms with E-state index in [-0.39, 0.29) is 16.7 Å². The summed E-state index contributed by atoms with van der Waals surface area (Å²) in [7, 11) is 1.92. The number of nitrogens with one attached hydrogen (secondary N) is 4. The van der Waals surface area contributed by atoms with Crippen molar-refractivity contribution >= 4 is 23.4 Å². The predicted molar refractivity (Wildman–Crippen MR) is 129 cm³/mol. The van der Waals surface area contributed by atoms with E-state index in [0.717, 1.165) is 0 Å². The highest BCUT2D eigenvalue weighted by Crippen LogP contribution is 2.15. The van der Waals surface area contributed by atoms with Gasteiger partial charge in [-0.1, -0.05) is 0 Å². The minimum atomic E-state index is -0.450. The zero-order chi connectivity index (χ0) is 23.9. The number of rotatable bonds is 6. The van der Waals surface area contributed by atoms with Crippen LogP contribution >= 0.6 is 0 Å². The van der Waals surface area contributed by atoms with Gasteiger partial charge in [-0.05, 0) is 60.8 Å². The fourth-order valence-electron chi connectivity index (χ4n) is 3.28. The van der Waals surface area contributed by atoms with E-state index in [4.69, 9.17) is 0 Å². The van der Waals surface area contributed by atoms with Crippen molar-refractivity contribution in [2.24, 2.45) is 0 Å². The third kappa shape index (κ3) is 5.77. The van der Waals surface area contributed by atoms with Gasteiger partial charge in [-0.2, -0.15) is 0 Å². The summed E-state index contributed by atoms with van der Waals surface area (Å²) in [5.74, 6) is -1.30. The van der Waals surface area contributed by atoms with Crippen LogP contribution in [0.4, 0.5) is 5.69 Å². The highest BCUT2D eigenvalue weighted by Gasteiger charge is 2.18. The smallest absolute Gasteiger partial charge is 0.255 e.